The maximum atomic E-state index is 13.9. The van der Waals surface area contributed by atoms with Crippen molar-refractivity contribution in [2.75, 3.05) is 0 Å². The van der Waals surface area contributed by atoms with Crippen molar-refractivity contribution < 1.29 is 56.7 Å². The van der Waals surface area contributed by atoms with E-state index in [2.05, 4.69) is 10.8 Å². The van der Waals surface area contributed by atoms with E-state index in [-0.39, 0.29) is 6.61 Å². The first kappa shape index (κ1) is 28.3. The first-order chi connectivity index (χ1) is 16.9. The third-order valence-corrected chi connectivity index (χ3v) is 7.18. The van der Waals surface area contributed by atoms with E-state index in [1.54, 1.807) is 24.3 Å². The second-order valence-electron chi connectivity index (χ2n) is 7.53. The molecule has 200 valence electrons. The number of rotatable bonds is 10. The monoisotopic (exact) mass is 570 g/mol. The number of hydrogen-bond acceptors (Lipinski definition) is 6. The molecule has 0 aliphatic rings. The van der Waals surface area contributed by atoms with Crippen molar-refractivity contribution in [1.82, 2.24) is 0 Å². The van der Waals surface area contributed by atoms with E-state index in [1.165, 1.54) is 0 Å². The van der Waals surface area contributed by atoms with Crippen LogP contribution in [-0.2, 0) is 26.8 Å². The van der Waals surface area contributed by atoms with Gasteiger partial charge in [0.1, 0.15) is 18.1 Å². The normalized spacial score (nSPS) is 13.4. The van der Waals surface area contributed by atoms with Crippen molar-refractivity contribution in [3.63, 3.8) is 0 Å². The van der Waals surface area contributed by atoms with Gasteiger partial charge < -0.3 is 8.92 Å². The molecular formula is C22H16F6O7S2. The largest absolute Gasteiger partial charge is 0.489 e. The molecule has 0 unspecified atom stereocenters. The Morgan fingerprint density at radius 2 is 1.32 bits per heavy atom. The average molecular weight is 570 g/mol. The molecular weight excluding hydrogens is 554 g/mol. The summed E-state index contributed by atoms with van der Waals surface area (Å²) < 4.78 is 143. The minimum Gasteiger partial charge on any atom is -0.489 e. The Hall–Kier alpha value is -3.30. The molecule has 0 radical (unpaired) electrons. The number of benzene rings is 3. The molecule has 3 aromatic rings. The minimum atomic E-state index is -7.13. The lowest BCUT2D eigenvalue weighted by atomic mass is 10.1. The van der Waals surface area contributed by atoms with Crippen molar-refractivity contribution in [3.05, 3.63) is 78.4 Å². The summed E-state index contributed by atoms with van der Waals surface area (Å²) in [6.07, 6.45) is 1.68. The zero-order chi connectivity index (χ0) is 27.9. The molecule has 0 amide bonds. The van der Waals surface area contributed by atoms with Crippen LogP contribution in [0.4, 0.5) is 26.3 Å². The average Bonchev–Trinajstić information content (AvgIpc) is 2.81. The predicted molar refractivity (Wildman–Crippen MR) is 121 cm³/mol. The highest BCUT2D eigenvalue weighted by atomic mass is 32.2. The first-order valence-corrected chi connectivity index (χ1v) is 12.7. The Morgan fingerprint density at radius 3 is 1.89 bits per heavy atom. The van der Waals surface area contributed by atoms with Gasteiger partial charge in [-0.25, -0.2) is 0 Å². The molecule has 0 aliphatic heterocycles. The highest BCUT2D eigenvalue weighted by molar-refractivity contribution is 7.88. The molecule has 7 nitrogen and oxygen atoms in total. The third-order valence-electron chi connectivity index (χ3n) is 4.98. The van der Waals surface area contributed by atoms with Gasteiger partial charge in [-0.3, -0.25) is 4.55 Å². The van der Waals surface area contributed by atoms with E-state index in [0.29, 0.717) is 11.3 Å². The van der Waals surface area contributed by atoms with Crippen LogP contribution in [0.5, 0.6) is 11.5 Å². The number of fused-ring (bicyclic) bond motifs is 1. The zero-order valence-corrected chi connectivity index (χ0v) is 19.9. The standard InChI is InChI=1S/C22H16F6O7S2/c1-2-14-3-6-17-12-19(10-7-16(17)11-14)34-13-15-4-8-18(9-5-15)35-37(32,33)22(27,28)20(23,24)21(25,26)36(29,30)31/h2-12H,1,13H2,(H,29,30,31). The van der Waals surface area contributed by atoms with Crippen LogP contribution in [0.1, 0.15) is 11.1 Å². The third kappa shape index (κ3) is 5.24. The molecule has 15 heteroatoms. The van der Waals surface area contributed by atoms with E-state index >= 15 is 0 Å². The number of halogens is 6. The van der Waals surface area contributed by atoms with Gasteiger partial charge in [-0.2, -0.15) is 43.2 Å². The van der Waals surface area contributed by atoms with Crippen molar-refractivity contribution in [2.45, 2.75) is 23.0 Å². The Morgan fingerprint density at radius 1 is 0.784 bits per heavy atom. The fourth-order valence-electron chi connectivity index (χ4n) is 2.93. The summed E-state index contributed by atoms with van der Waals surface area (Å²) >= 11 is 0. The van der Waals surface area contributed by atoms with Crippen LogP contribution in [0.3, 0.4) is 0 Å². The molecule has 3 rings (SSSR count). The van der Waals surface area contributed by atoms with E-state index in [1.807, 2.05) is 18.2 Å². The fraction of sp³-hybridized carbons (Fsp3) is 0.182. The maximum absolute atomic E-state index is 13.9. The summed E-state index contributed by atoms with van der Waals surface area (Å²) in [7, 11) is -14.0. The zero-order valence-electron chi connectivity index (χ0n) is 18.2. The van der Waals surface area contributed by atoms with Gasteiger partial charge in [0.15, 0.2) is 0 Å². The maximum Gasteiger partial charge on any atom is 0.450 e. The molecule has 3 aromatic carbocycles. The minimum absolute atomic E-state index is 0.0991. The lowest BCUT2D eigenvalue weighted by Gasteiger charge is -2.29. The highest BCUT2D eigenvalue weighted by Gasteiger charge is 2.83. The summed E-state index contributed by atoms with van der Waals surface area (Å²) in [4.78, 5) is 0. The van der Waals surface area contributed by atoms with Gasteiger partial charge in [0.05, 0.1) is 0 Å². The van der Waals surface area contributed by atoms with Crippen LogP contribution < -0.4 is 8.92 Å². The summed E-state index contributed by atoms with van der Waals surface area (Å²) in [5.41, 5.74) is 1.26. The van der Waals surface area contributed by atoms with Crippen molar-refractivity contribution in [3.8, 4) is 11.5 Å². The molecule has 0 fully saturated rings. The second kappa shape index (κ2) is 9.54. The van der Waals surface area contributed by atoms with E-state index in [4.69, 9.17) is 9.29 Å². The van der Waals surface area contributed by atoms with Crippen molar-refractivity contribution >= 4 is 37.1 Å². The molecule has 0 bridgehead atoms. The summed E-state index contributed by atoms with van der Waals surface area (Å²) in [6.45, 7) is 3.59. The Bertz CT molecular complexity index is 1540. The van der Waals surface area contributed by atoms with Gasteiger partial charge in [-0.05, 0) is 52.2 Å². The summed E-state index contributed by atoms with van der Waals surface area (Å²) in [5, 5.41) is -11.8. The van der Waals surface area contributed by atoms with Crippen LogP contribution in [0.25, 0.3) is 16.8 Å². The van der Waals surface area contributed by atoms with Gasteiger partial charge in [0.2, 0.25) is 0 Å². The van der Waals surface area contributed by atoms with E-state index in [0.717, 1.165) is 40.6 Å². The second-order valence-corrected chi connectivity index (χ2v) is 10.6. The molecule has 0 saturated heterocycles. The molecule has 0 saturated carbocycles. The van der Waals surface area contributed by atoms with Crippen molar-refractivity contribution in [1.29, 1.82) is 0 Å². The smallest absolute Gasteiger partial charge is 0.450 e. The van der Waals surface area contributed by atoms with Crippen LogP contribution in [0, 0.1) is 0 Å². The van der Waals surface area contributed by atoms with Crippen LogP contribution in [-0.4, -0.2) is 37.8 Å². The van der Waals surface area contributed by atoms with Crippen LogP contribution in [0.2, 0.25) is 0 Å². The number of ether oxygens (including phenoxy) is 1. The fourth-order valence-corrected chi connectivity index (χ4v) is 4.36. The molecule has 1 N–H and O–H groups in total. The van der Waals surface area contributed by atoms with Gasteiger partial charge in [-0.1, -0.05) is 43.0 Å². The van der Waals surface area contributed by atoms with E-state index < -0.39 is 42.4 Å². The summed E-state index contributed by atoms with van der Waals surface area (Å²) in [6, 6.07) is 14.5. The molecule has 0 heterocycles. The SMILES string of the molecule is C=Cc1ccc2cc(OCc3ccc(OS(=O)(=O)C(F)(F)C(F)(F)C(F)(F)S(=O)(=O)O)cc3)ccc2c1. The molecule has 0 aliphatic carbocycles. The van der Waals surface area contributed by atoms with Gasteiger partial charge in [0.25, 0.3) is 0 Å². The Balaban J connectivity index is 1.73. The Labute approximate surface area is 206 Å². The van der Waals surface area contributed by atoms with E-state index in [9.17, 15) is 43.2 Å². The quantitative estimate of drug-likeness (QED) is 0.196. The lowest BCUT2D eigenvalue weighted by Crippen LogP contribution is -2.61. The molecule has 0 aromatic heterocycles. The number of hydrogen-bond donors (Lipinski definition) is 1. The van der Waals surface area contributed by atoms with Crippen LogP contribution >= 0.6 is 0 Å². The molecule has 37 heavy (non-hydrogen) atoms. The van der Waals surface area contributed by atoms with Gasteiger partial charge in [-0.15, -0.1) is 0 Å². The topological polar surface area (TPSA) is 107 Å². The molecule has 0 spiro atoms. The highest BCUT2D eigenvalue weighted by Crippen LogP contribution is 2.50. The predicted octanol–water partition coefficient (Wildman–Crippen LogP) is 5.48. The summed E-state index contributed by atoms with van der Waals surface area (Å²) in [5.74, 6) is -7.62. The van der Waals surface area contributed by atoms with Gasteiger partial charge in [0, 0.05) is 0 Å². The number of alkyl halides is 6. The Kier molecular flexibility index (Phi) is 7.29. The van der Waals surface area contributed by atoms with Crippen molar-refractivity contribution in [2.24, 2.45) is 0 Å². The van der Waals surface area contributed by atoms with Crippen LogP contribution in [0.15, 0.2) is 67.2 Å². The van der Waals surface area contributed by atoms with Gasteiger partial charge >= 0.3 is 36.7 Å². The first-order valence-electron chi connectivity index (χ1n) is 9.85. The lowest BCUT2D eigenvalue weighted by molar-refractivity contribution is -0.247. The molecule has 0 atom stereocenters.